The van der Waals surface area contributed by atoms with Gasteiger partial charge in [0.25, 0.3) is 0 Å². The number of aliphatic hydroxyl groups excluding tert-OH is 1. The molecule has 2 bridgehead atoms. The number of allylic oxidation sites excluding steroid dienone is 1. The first kappa shape index (κ1) is 46.7. The van der Waals surface area contributed by atoms with Gasteiger partial charge in [0.05, 0.1) is 30.9 Å². The molecule has 0 radical (unpaired) electrons. The molecular weight excluding hydrogens is 801 g/mol. The van der Waals surface area contributed by atoms with E-state index in [1.807, 2.05) is 6.07 Å². The first-order valence-corrected chi connectivity index (χ1v) is 24.5. The van der Waals surface area contributed by atoms with E-state index in [4.69, 9.17) is 28.5 Å². The Morgan fingerprint density at radius 3 is 2.41 bits per heavy atom. The SMILES string of the molecule is CCCCCC1(CCCCC)O[C@@H]2[C@H](O1)[C@H]1ON(Cc3cccc(C=C4CCC5O[C@]5(C)CC[C@@H]5[C@@H]4CC5(C)C)c3)[C@H]3C(=O)O[C@@H]2C[C@@]13C(=O)N[C@H](CO)CCC(=O)OC(C)(C)C. The third-order valence-corrected chi connectivity index (χ3v) is 15.7. The van der Waals surface area contributed by atoms with Crippen molar-refractivity contribution in [3.05, 3.63) is 41.0 Å². The molecule has 12 nitrogen and oxygen atoms in total. The van der Waals surface area contributed by atoms with Crippen LogP contribution in [0.25, 0.3) is 6.08 Å². The molecule has 7 fully saturated rings. The normalized spacial score (nSPS) is 36.1. The van der Waals surface area contributed by atoms with Gasteiger partial charge < -0.3 is 34.1 Å². The summed E-state index contributed by atoms with van der Waals surface area (Å²) in [6.45, 7) is 16.7. The van der Waals surface area contributed by atoms with Crippen LogP contribution in [0.4, 0.5) is 0 Å². The summed E-state index contributed by atoms with van der Waals surface area (Å²) in [6.07, 6.45) is 13.2. The predicted octanol–water partition coefficient (Wildman–Crippen LogP) is 8.50. The predicted molar refractivity (Wildman–Crippen MR) is 238 cm³/mol. The molecule has 4 saturated heterocycles. The molecule has 1 aromatic carbocycles. The summed E-state index contributed by atoms with van der Waals surface area (Å²) < 4.78 is 32.1. The molecule has 0 aromatic heterocycles. The second-order valence-electron chi connectivity index (χ2n) is 22.1. The molecule has 11 atom stereocenters. The zero-order chi connectivity index (χ0) is 45.0. The van der Waals surface area contributed by atoms with Crippen molar-refractivity contribution in [2.45, 2.75) is 224 Å². The third kappa shape index (κ3) is 9.42. The molecule has 12 heteroatoms. The van der Waals surface area contributed by atoms with Crippen LogP contribution in [0.1, 0.15) is 169 Å². The Morgan fingerprint density at radius 2 is 1.73 bits per heavy atom. The van der Waals surface area contributed by atoms with Gasteiger partial charge in [0.2, 0.25) is 5.91 Å². The highest BCUT2D eigenvalue weighted by Crippen LogP contribution is 2.61. The van der Waals surface area contributed by atoms with Crippen LogP contribution in [0.5, 0.6) is 0 Å². The zero-order valence-corrected chi connectivity index (χ0v) is 39.4. The Bertz CT molecular complexity index is 1860. The van der Waals surface area contributed by atoms with Crippen LogP contribution < -0.4 is 5.32 Å². The fourth-order valence-corrected chi connectivity index (χ4v) is 12.3. The Hall–Kier alpha value is -2.87. The largest absolute Gasteiger partial charge is 0.460 e. The van der Waals surface area contributed by atoms with Crippen LogP contribution in [0.2, 0.25) is 0 Å². The van der Waals surface area contributed by atoms with Crippen molar-refractivity contribution < 1.29 is 48.0 Å². The molecule has 1 amide bonds. The van der Waals surface area contributed by atoms with E-state index in [9.17, 15) is 14.7 Å². The average Bonchev–Trinajstić information content (AvgIpc) is 3.50. The number of amides is 1. The topological polar surface area (TPSA) is 145 Å². The van der Waals surface area contributed by atoms with Gasteiger partial charge in [-0.05, 0) is 107 Å². The minimum absolute atomic E-state index is 0.00895. The first-order valence-electron chi connectivity index (χ1n) is 24.5. The Labute approximate surface area is 375 Å². The molecule has 350 valence electrons. The summed E-state index contributed by atoms with van der Waals surface area (Å²) in [5.41, 5.74) is 1.80. The van der Waals surface area contributed by atoms with E-state index >= 15 is 4.79 Å². The lowest BCUT2D eigenvalue weighted by molar-refractivity contribution is -0.224. The number of nitrogens with one attached hydrogen (secondary N) is 1. The van der Waals surface area contributed by atoms with Gasteiger partial charge >= 0.3 is 11.9 Å². The number of carbonyl (C=O) groups excluding carboxylic acids is 3. The molecule has 63 heavy (non-hydrogen) atoms. The van der Waals surface area contributed by atoms with Crippen LogP contribution in [0.15, 0.2) is 29.8 Å². The molecule has 4 heterocycles. The molecule has 3 aliphatic carbocycles. The third-order valence-electron chi connectivity index (χ3n) is 15.7. The lowest BCUT2D eigenvalue weighted by Gasteiger charge is -2.53. The van der Waals surface area contributed by atoms with Crippen LogP contribution in [-0.4, -0.2) is 94.2 Å². The minimum atomic E-state index is -1.41. The Morgan fingerprint density at radius 1 is 1.00 bits per heavy atom. The molecule has 3 saturated carbocycles. The molecule has 4 aliphatic heterocycles. The van der Waals surface area contributed by atoms with Crippen molar-refractivity contribution in [1.82, 2.24) is 10.4 Å². The van der Waals surface area contributed by atoms with Crippen LogP contribution in [0, 0.1) is 22.7 Å². The van der Waals surface area contributed by atoms with Crippen molar-refractivity contribution in [3.63, 3.8) is 0 Å². The highest BCUT2D eigenvalue weighted by Gasteiger charge is 2.76. The van der Waals surface area contributed by atoms with Gasteiger partial charge in [-0.25, -0.2) is 0 Å². The van der Waals surface area contributed by atoms with Crippen LogP contribution in [0.3, 0.4) is 0 Å². The van der Waals surface area contributed by atoms with Crippen LogP contribution >= 0.6 is 0 Å². The van der Waals surface area contributed by atoms with Crippen molar-refractivity contribution >= 4 is 23.9 Å². The Balaban J connectivity index is 1.08. The lowest BCUT2D eigenvalue weighted by atomic mass is 9.52. The number of fused-ring (bicyclic) bond motifs is 6. The maximum absolute atomic E-state index is 15.1. The molecule has 1 aromatic rings. The van der Waals surface area contributed by atoms with Gasteiger partial charge in [0.1, 0.15) is 35.4 Å². The van der Waals surface area contributed by atoms with E-state index in [2.05, 4.69) is 64.2 Å². The summed E-state index contributed by atoms with van der Waals surface area (Å²) in [4.78, 5) is 49.2. The number of unbranched alkanes of at least 4 members (excludes halogenated alkanes) is 4. The maximum Gasteiger partial charge on any atom is 0.327 e. The van der Waals surface area contributed by atoms with Crippen molar-refractivity contribution in [1.29, 1.82) is 0 Å². The first-order chi connectivity index (χ1) is 29.9. The number of aliphatic hydroxyl groups is 1. The number of hydrogen-bond donors (Lipinski definition) is 2. The number of ether oxygens (including phenoxy) is 5. The second kappa shape index (κ2) is 18.1. The number of nitrogens with zero attached hydrogens (tertiary/aromatic N) is 1. The highest BCUT2D eigenvalue weighted by molar-refractivity contribution is 5.93. The standard InChI is InChI=1S/C51H76N2O10/c1-9-11-13-23-50(24-14-12-10-2)61-41-38-29-51(46(57)52-35(31-54)19-21-40(55)60-47(3,4)5)43(45(56)58-38)53(63-44(51)42(41)62-50)30-33-17-15-16-32(26-33)27-34-18-20-39-49(8,59-39)25-22-37-36(34)28-48(37,6)7/h15-17,26-27,35-39,41-44,54H,9-14,18-25,28-31H2,1-8H3,(H,52,57)/t35-,36+,37+,38+,39?,41-,42-,43-,44+,49+,51-/m0/s1. The van der Waals surface area contributed by atoms with Crippen molar-refractivity contribution in [2.75, 3.05) is 6.61 Å². The van der Waals surface area contributed by atoms with Crippen molar-refractivity contribution in [3.8, 4) is 0 Å². The van der Waals surface area contributed by atoms with E-state index in [0.29, 0.717) is 36.2 Å². The van der Waals surface area contributed by atoms with Gasteiger partial charge in [-0.2, -0.15) is 5.06 Å². The van der Waals surface area contributed by atoms with E-state index < -0.39 is 77.8 Å². The van der Waals surface area contributed by atoms with Gasteiger partial charge in [0, 0.05) is 25.7 Å². The maximum atomic E-state index is 15.1. The summed E-state index contributed by atoms with van der Waals surface area (Å²) in [5.74, 6) is -1.07. The van der Waals surface area contributed by atoms with Crippen molar-refractivity contribution in [2.24, 2.45) is 22.7 Å². The number of esters is 2. The zero-order valence-electron chi connectivity index (χ0n) is 39.4. The highest BCUT2D eigenvalue weighted by atomic mass is 16.8. The molecule has 1 unspecified atom stereocenters. The number of carbonyl (C=O) groups is 3. The second-order valence-corrected chi connectivity index (χ2v) is 22.1. The smallest absolute Gasteiger partial charge is 0.327 e. The summed E-state index contributed by atoms with van der Waals surface area (Å²) >= 11 is 0. The molecule has 2 N–H and O–H groups in total. The van der Waals surface area contributed by atoms with Gasteiger partial charge in [-0.15, -0.1) is 0 Å². The fourth-order valence-electron chi connectivity index (χ4n) is 12.3. The lowest BCUT2D eigenvalue weighted by Crippen LogP contribution is -2.70. The molecule has 0 spiro atoms. The number of epoxide rings is 1. The Kier molecular flexibility index (Phi) is 13.4. The van der Waals surface area contributed by atoms with Gasteiger partial charge in [0.15, 0.2) is 11.8 Å². The number of hydroxylamine groups is 2. The number of hydrogen-bond acceptors (Lipinski definition) is 11. The van der Waals surface area contributed by atoms with E-state index in [1.165, 1.54) is 18.4 Å². The fraction of sp³-hybridized carbons (Fsp3) is 0.784. The average molecular weight is 877 g/mol. The van der Waals surface area contributed by atoms with E-state index in [0.717, 1.165) is 68.9 Å². The molecule has 8 rings (SSSR count). The number of benzene rings is 1. The molecule has 7 aliphatic rings. The monoisotopic (exact) mass is 877 g/mol. The quantitative estimate of drug-likeness (QED) is 0.0883. The molecular formula is C51H76N2O10. The summed E-state index contributed by atoms with van der Waals surface area (Å²) in [7, 11) is 0. The summed E-state index contributed by atoms with van der Waals surface area (Å²) in [5, 5.41) is 15.2. The summed E-state index contributed by atoms with van der Waals surface area (Å²) in [6, 6.07) is 6.59. The van der Waals surface area contributed by atoms with E-state index in [1.54, 1.807) is 25.8 Å². The minimum Gasteiger partial charge on any atom is -0.460 e. The van der Waals surface area contributed by atoms with E-state index in [-0.39, 0.29) is 31.4 Å². The van der Waals surface area contributed by atoms with Crippen LogP contribution in [-0.2, 0) is 49.5 Å². The van der Waals surface area contributed by atoms with Gasteiger partial charge in [-0.3, -0.25) is 19.2 Å². The number of rotatable bonds is 17. The van der Waals surface area contributed by atoms with Gasteiger partial charge in [-0.1, -0.05) is 89.3 Å².